The van der Waals surface area contributed by atoms with Crippen molar-refractivity contribution in [3.05, 3.63) is 20.8 Å². The Morgan fingerprint density at radius 1 is 1.50 bits per heavy atom. The van der Waals surface area contributed by atoms with Crippen LogP contribution in [0.4, 0.5) is 0 Å². The monoisotopic (exact) mass is 330 g/mol. The molecule has 1 aromatic rings. The van der Waals surface area contributed by atoms with Crippen LogP contribution in [0.25, 0.3) is 0 Å². The Hall–Kier alpha value is 0.1000. The van der Waals surface area contributed by atoms with Crippen molar-refractivity contribution in [3.63, 3.8) is 0 Å². The van der Waals surface area contributed by atoms with Crippen LogP contribution < -0.4 is 5.32 Å². The molecule has 0 aliphatic carbocycles. The molecule has 18 heavy (non-hydrogen) atoms. The number of piperazine rings is 1. The van der Waals surface area contributed by atoms with Crippen molar-refractivity contribution in [2.75, 3.05) is 13.1 Å². The highest BCUT2D eigenvalue weighted by Gasteiger charge is 2.26. The van der Waals surface area contributed by atoms with Gasteiger partial charge < -0.3 is 5.32 Å². The van der Waals surface area contributed by atoms with E-state index in [1.165, 1.54) is 35.2 Å². The van der Waals surface area contributed by atoms with Crippen LogP contribution in [0.2, 0.25) is 0 Å². The van der Waals surface area contributed by atoms with E-state index in [0.29, 0.717) is 12.1 Å². The first kappa shape index (κ1) is 14.5. The molecule has 1 fully saturated rings. The Kier molecular flexibility index (Phi) is 5.67. The van der Waals surface area contributed by atoms with Crippen LogP contribution in [-0.2, 0) is 6.54 Å². The van der Waals surface area contributed by atoms with Crippen molar-refractivity contribution >= 4 is 27.3 Å². The molecule has 1 aromatic heterocycles. The normalized spacial score (nSPS) is 25.5. The highest BCUT2D eigenvalue weighted by atomic mass is 79.9. The van der Waals surface area contributed by atoms with Gasteiger partial charge in [-0.25, -0.2) is 0 Å². The van der Waals surface area contributed by atoms with Crippen molar-refractivity contribution in [2.45, 2.75) is 51.7 Å². The van der Waals surface area contributed by atoms with Crippen LogP contribution in [0.15, 0.2) is 15.9 Å². The molecule has 0 aromatic carbocycles. The zero-order chi connectivity index (χ0) is 13.0. The molecule has 1 aliphatic rings. The average Bonchev–Trinajstić information content (AvgIpc) is 2.77. The van der Waals surface area contributed by atoms with Crippen LogP contribution in [-0.4, -0.2) is 30.1 Å². The fourth-order valence-electron chi connectivity index (χ4n) is 2.65. The van der Waals surface area contributed by atoms with Crippen LogP contribution in [0.1, 0.15) is 38.0 Å². The van der Waals surface area contributed by atoms with Crippen LogP contribution >= 0.6 is 27.3 Å². The quantitative estimate of drug-likeness (QED) is 0.881. The number of rotatable bonds is 5. The average molecular weight is 331 g/mol. The number of halogens is 1. The number of hydrogen-bond donors (Lipinski definition) is 1. The summed E-state index contributed by atoms with van der Waals surface area (Å²) in [5.74, 6) is 0. The third-order valence-electron chi connectivity index (χ3n) is 3.71. The Morgan fingerprint density at radius 2 is 2.33 bits per heavy atom. The van der Waals surface area contributed by atoms with Crippen molar-refractivity contribution in [1.29, 1.82) is 0 Å². The molecule has 0 saturated carbocycles. The van der Waals surface area contributed by atoms with Crippen molar-refractivity contribution in [2.24, 2.45) is 0 Å². The van der Waals surface area contributed by atoms with Crippen LogP contribution in [0.3, 0.4) is 0 Å². The van der Waals surface area contributed by atoms with Gasteiger partial charge in [-0.2, -0.15) is 0 Å². The van der Waals surface area contributed by atoms with Gasteiger partial charge in [0.2, 0.25) is 0 Å². The SMILES string of the molecule is CCCC1CNC(CC)CN1Cc1cc(Br)cs1. The van der Waals surface area contributed by atoms with Gasteiger partial charge in [0.1, 0.15) is 0 Å². The highest BCUT2D eigenvalue weighted by molar-refractivity contribution is 9.10. The fourth-order valence-corrected chi connectivity index (χ4v) is 4.13. The standard InChI is InChI=1S/C14H23BrN2S/c1-3-5-13-7-16-12(4-2)8-17(13)9-14-6-11(15)10-18-14/h6,10,12-13,16H,3-5,7-9H2,1-2H3. The summed E-state index contributed by atoms with van der Waals surface area (Å²) in [5.41, 5.74) is 0. The number of nitrogens with zero attached hydrogens (tertiary/aromatic N) is 1. The lowest BCUT2D eigenvalue weighted by molar-refractivity contribution is 0.115. The molecule has 102 valence electrons. The summed E-state index contributed by atoms with van der Waals surface area (Å²) in [5, 5.41) is 5.86. The van der Waals surface area contributed by atoms with E-state index < -0.39 is 0 Å². The van der Waals surface area contributed by atoms with Crippen molar-refractivity contribution in [1.82, 2.24) is 10.2 Å². The molecule has 2 rings (SSSR count). The largest absolute Gasteiger partial charge is 0.311 e. The Bertz CT molecular complexity index is 366. The topological polar surface area (TPSA) is 15.3 Å². The zero-order valence-electron chi connectivity index (χ0n) is 11.3. The molecule has 1 N–H and O–H groups in total. The molecule has 0 radical (unpaired) electrons. The predicted octanol–water partition coefficient (Wildman–Crippen LogP) is 3.86. The third-order valence-corrected chi connectivity index (χ3v) is 5.39. The summed E-state index contributed by atoms with van der Waals surface area (Å²) in [4.78, 5) is 4.15. The maximum atomic E-state index is 3.68. The number of hydrogen-bond acceptors (Lipinski definition) is 3. The van der Waals surface area contributed by atoms with Crippen LogP contribution in [0, 0.1) is 0 Å². The lowest BCUT2D eigenvalue weighted by Gasteiger charge is -2.40. The van der Waals surface area contributed by atoms with E-state index >= 15 is 0 Å². The molecule has 2 nitrogen and oxygen atoms in total. The summed E-state index contributed by atoms with van der Waals surface area (Å²) >= 11 is 5.41. The summed E-state index contributed by atoms with van der Waals surface area (Å²) in [7, 11) is 0. The van der Waals surface area contributed by atoms with E-state index in [1.54, 1.807) is 0 Å². The molecule has 2 heterocycles. The van der Waals surface area contributed by atoms with E-state index in [1.807, 2.05) is 11.3 Å². The second-order valence-electron chi connectivity index (χ2n) is 5.12. The molecule has 0 bridgehead atoms. The Morgan fingerprint density at radius 3 is 2.94 bits per heavy atom. The second-order valence-corrected chi connectivity index (χ2v) is 7.03. The van der Waals surface area contributed by atoms with Gasteiger partial charge in [-0.05, 0) is 34.8 Å². The lowest BCUT2D eigenvalue weighted by atomic mass is 10.0. The lowest BCUT2D eigenvalue weighted by Crippen LogP contribution is -2.55. The molecule has 4 heteroatoms. The minimum absolute atomic E-state index is 0.668. The molecular weight excluding hydrogens is 308 g/mol. The first-order valence-corrected chi connectivity index (χ1v) is 8.60. The fraction of sp³-hybridized carbons (Fsp3) is 0.714. The van der Waals surface area contributed by atoms with Gasteiger partial charge in [-0.1, -0.05) is 20.3 Å². The first-order valence-electron chi connectivity index (χ1n) is 6.93. The van der Waals surface area contributed by atoms with Gasteiger partial charge >= 0.3 is 0 Å². The van der Waals surface area contributed by atoms with Gasteiger partial charge in [-0.3, -0.25) is 4.90 Å². The minimum atomic E-state index is 0.668. The summed E-state index contributed by atoms with van der Waals surface area (Å²) < 4.78 is 1.22. The van der Waals surface area contributed by atoms with E-state index in [4.69, 9.17) is 0 Å². The van der Waals surface area contributed by atoms with E-state index in [0.717, 1.165) is 13.1 Å². The van der Waals surface area contributed by atoms with Gasteiger partial charge in [0.15, 0.2) is 0 Å². The predicted molar refractivity (Wildman–Crippen MR) is 83.2 cm³/mol. The smallest absolute Gasteiger partial charge is 0.0332 e. The van der Waals surface area contributed by atoms with Gasteiger partial charge in [0.25, 0.3) is 0 Å². The Balaban J connectivity index is 2.00. The van der Waals surface area contributed by atoms with E-state index in [2.05, 4.69) is 51.4 Å². The maximum Gasteiger partial charge on any atom is 0.0332 e. The summed E-state index contributed by atoms with van der Waals surface area (Å²) in [6, 6.07) is 3.64. The van der Waals surface area contributed by atoms with E-state index in [-0.39, 0.29) is 0 Å². The zero-order valence-corrected chi connectivity index (χ0v) is 13.7. The minimum Gasteiger partial charge on any atom is -0.311 e. The molecule has 1 aliphatic heterocycles. The highest BCUT2D eigenvalue weighted by Crippen LogP contribution is 2.24. The van der Waals surface area contributed by atoms with Gasteiger partial charge in [-0.15, -0.1) is 11.3 Å². The summed E-state index contributed by atoms with van der Waals surface area (Å²) in [6.45, 7) is 8.01. The molecular formula is C14H23BrN2S. The molecule has 0 spiro atoms. The van der Waals surface area contributed by atoms with Gasteiger partial charge in [0.05, 0.1) is 0 Å². The Labute approximate surface area is 123 Å². The molecule has 2 atom stereocenters. The van der Waals surface area contributed by atoms with Gasteiger partial charge in [0, 0.05) is 46.4 Å². The maximum absolute atomic E-state index is 3.68. The number of nitrogens with one attached hydrogen (secondary N) is 1. The van der Waals surface area contributed by atoms with Crippen molar-refractivity contribution in [3.8, 4) is 0 Å². The first-order chi connectivity index (χ1) is 8.72. The summed E-state index contributed by atoms with van der Waals surface area (Å²) in [6.07, 6.45) is 3.80. The molecule has 2 unspecified atom stereocenters. The molecule has 1 saturated heterocycles. The van der Waals surface area contributed by atoms with E-state index in [9.17, 15) is 0 Å². The number of thiophene rings is 1. The second kappa shape index (κ2) is 7.04. The molecule has 0 amide bonds. The van der Waals surface area contributed by atoms with Crippen LogP contribution in [0.5, 0.6) is 0 Å². The van der Waals surface area contributed by atoms with Crippen molar-refractivity contribution < 1.29 is 0 Å². The third kappa shape index (κ3) is 3.80.